The number of hydrogen-bond acceptors (Lipinski definition) is 3. The van der Waals surface area contributed by atoms with Crippen LogP contribution in [0.2, 0.25) is 0 Å². The van der Waals surface area contributed by atoms with Crippen LogP contribution in [0.3, 0.4) is 0 Å². The van der Waals surface area contributed by atoms with E-state index >= 15 is 0 Å². The van der Waals surface area contributed by atoms with Gasteiger partial charge in [0.25, 0.3) is 0 Å². The molecule has 1 aliphatic rings. The first-order valence-corrected chi connectivity index (χ1v) is 12.5. The zero-order valence-corrected chi connectivity index (χ0v) is 19.8. The van der Waals surface area contributed by atoms with Crippen molar-refractivity contribution in [1.29, 1.82) is 0 Å². The van der Waals surface area contributed by atoms with E-state index in [0.29, 0.717) is 30.8 Å². The minimum atomic E-state index is -3.55. The molecule has 0 bridgehead atoms. The molecule has 1 fully saturated rings. The smallest absolute Gasteiger partial charge is 0.243 e. The zero-order chi connectivity index (χ0) is 22.6. The first-order valence-electron chi connectivity index (χ1n) is 11.1. The maximum atomic E-state index is 13.2. The number of amides is 1. The number of piperidine rings is 1. The van der Waals surface area contributed by atoms with Gasteiger partial charge in [-0.3, -0.25) is 4.79 Å². The molecule has 0 radical (unpaired) electrons. The first kappa shape index (κ1) is 23.5. The van der Waals surface area contributed by atoms with Gasteiger partial charge in [0.1, 0.15) is 0 Å². The van der Waals surface area contributed by atoms with Crippen LogP contribution in [0.4, 0.5) is 0 Å². The third-order valence-electron chi connectivity index (χ3n) is 6.12. The molecule has 31 heavy (non-hydrogen) atoms. The van der Waals surface area contributed by atoms with Crippen molar-refractivity contribution in [3.63, 3.8) is 0 Å². The molecule has 168 valence electrons. The lowest BCUT2D eigenvalue weighted by Gasteiger charge is -2.32. The molecule has 1 N–H and O–H groups in total. The Bertz CT molecular complexity index is 987. The van der Waals surface area contributed by atoms with E-state index < -0.39 is 10.0 Å². The van der Waals surface area contributed by atoms with Crippen molar-refractivity contribution in [2.24, 2.45) is 5.92 Å². The van der Waals surface area contributed by atoms with E-state index in [2.05, 4.69) is 17.4 Å². The van der Waals surface area contributed by atoms with E-state index in [4.69, 9.17) is 0 Å². The number of benzene rings is 2. The predicted octanol–water partition coefficient (Wildman–Crippen LogP) is 4.15. The van der Waals surface area contributed by atoms with Gasteiger partial charge in [0.2, 0.25) is 15.9 Å². The van der Waals surface area contributed by atoms with Gasteiger partial charge in [0.05, 0.1) is 4.90 Å². The molecule has 1 amide bonds. The molecule has 0 aromatic heterocycles. The van der Waals surface area contributed by atoms with Gasteiger partial charge in [-0.05, 0) is 70.1 Å². The molecular formula is C25H34N2O3S. The maximum absolute atomic E-state index is 13.2. The molecule has 0 aliphatic carbocycles. The van der Waals surface area contributed by atoms with Gasteiger partial charge in [0.15, 0.2) is 0 Å². The Hall–Kier alpha value is -2.18. The fraction of sp³-hybridized carbons (Fsp3) is 0.480. The van der Waals surface area contributed by atoms with Crippen LogP contribution in [0.1, 0.15) is 48.4 Å². The van der Waals surface area contributed by atoms with Crippen molar-refractivity contribution in [3.8, 4) is 0 Å². The summed E-state index contributed by atoms with van der Waals surface area (Å²) in [5.74, 6) is -0.0915. The van der Waals surface area contributed by atoms with Gasteiger partial charge in [-0.2, -0.15) is 4.31 Å². The van der Waals surface area contributed by atoms with Crippen molar-refractivity contribution in [1.82, 2.24) is 9.62 Å². The van der Waals surface area contributed by atoms with Gasteiger partial charge in [-0.25, -0.2) is 8.42 Å². The lowest BCUT2D eigenvalue weighted by atomic mass is 9.96. The van der Waals surface area contributed by atoms with E-state index in [0.717, 1.165) is 29.5 Å². The van der Waals surface area contributed by atoms with Crippen molar-refractivity contribution in [2.75, 3.05) is 13.1 Å². The normalized spacial score (nSPS) is 16.8. The fourth-order valence-electron chi connectivity index (χ4n) is 4.52. The highest BCUT2D eigenvalue weighted by Gasteiger charge is 2.33. The van der Waals surface area contributed by atoms with Crippen LogP contribution in [0.15, 0.2) is 47.4 Å². The van der Waals surface area contributed by atoms with Crippen LogP contribution < -0.4 is 5.32 Å². The van der Waals surface area contributed by atoms with Gasteiger partial charge in [-0.15, -0.1) is 0 Å². The number of carbonyl (C=O) groups excluding carboxylic acids is 1. The number of hydrogen-bond donors (Lipinski definition) is 1. The summed E-state index contributed by atoms with van der Waals surface area (Å²) in [6.45, 7) is 8.47. The highest BCUT2D eigenvalue weighted by Crippen LogP contribution is 2.29. The predicted molar refractivity (Wildman–Crippen MR) is 125 cm³/mol. The second kappa shape index (κ2) is 9.96. The van der Waals surface area contributed by atoms with Crippen LogP contribution in [-0.4, -0.2) is 37.8 Å². The Balaban J connectivity index is 1.54. The SMILES string of the molecule is Cc1cc(C)c(S(=O)(=O)N2CCC(C(=O)NC(C)CCc3ccccc3)CC2)c(C)c1. The minimum Gasteiger partial charge on any atom is -0.353 e. The van der Waals surface area contributed by atoms with E-state index in [1.165, 1.54) is 5.56 Å². The minimum absolute atomic E-state index is 0.0420. The average molecular weight is 443 g/mol. The molecule has 6 heteroatoms. The van der Waals surface area contributed by atoms with E-state index in [-0.39, 0.29) is 17.9 Å². The number of nitrogens with one attached hydrogen (secondary N) is 1. The van der Waals surface area contributed by atoms with Crippen LogP contribution >= 0.6 is 0 Å². The fourth-order valence-corrected chi connectivity index (χ4v) is 6.40. The Kier molecular flexibility index (Phi) is 7.55. The molecule has 2 aromatic rings. The standard InChI is InChI=1S/C25H34N2O3S/c1-18-16-19(2)24(20(3)17-18)31(29,30)27-14-12-23(13-15-27)25(28)26-21(4)10-11-22-8-6-5-7-9-22/h5-9,16-17,21,23H,10-15H2,1-4H3,(H,26,28). The topological polar surface area (TPSA) is 66.5 Å². The monoisotopic (exact) mass is 442 g/mol. The van der Waals surface area contributed by atoms with Gasteiger partial charge < -0.3 is 5.32 Å². The molecule has 1 unspecified atom stereocenters. The molecular weight excluding hydrogens is 408 g/mol. The summed E-state index contributed by atoms with van der Waals surface area (Å²) in [5, 5.41) is 3.12. The van der Waals surface area contributed by atoms with Crippen LogP contribution in [0, 0.1) is 26.7 Å². The molecule has 0 spiro atoms. The molecule has 1 atom stereocenters. The Labute approximate surface area is 186 Å². The Morgan fingerprint density at radius 3 is 2.23 bits per heavy atom. The summed E-state index contributed by atoms with van der Waals surface area (Å²) in [4.78, 5) is 13.1. The maximum Gasteiger partial charge on any atom is 0.243 e. The van der Waals surface area contributed by atoms with E-state index in [1.54, 1.807) is 4.31 Å². The van der Waals surface area contributed by atoms with Crippen molar-refractivity contribution >= 4 is 15.9 Å². The summed E-state index contributed by atoms with van der Waals surface area (Å²) in [5.41, 5.74) is 3.89. The second-order valence-electron chi connectivity index (χ2n) is 8.84. The summed E-state index contributed by atoms with van der Waals surface area (Å²) in [6, 6.07) is 14.2. The molecule has 1 aliphatic heterocycles. The number of rotatable bonds is 7. The number of aryl methyl sites for hydroxylation is 4. The molecule has 3 rings (SSSR count). The van der Waals surface area contributed by atoms with Crippen molar-refractivity contribution < 1.29 is 13.2 Å². The third kappa shape index (κ3) is 5.74. The molecule has 1 heterocycles. The third-order valence-corrected chi connectivity index (χ3v) is 8.33. The number of nitrogens with zero attached hydrogens (tertiary/aromatic N) is 1. The first-order chi connectivity index (χ1) is 14.7. The zero-order valence-electron chi connectivity index (χ0n) is 19.0. The second-order valence-corrected chi connectivity index (χ2v) is 10.7. The largest absolute Gasteiger partial charge is 0.353 e. The molecule has 2 aromatic carbocycles. The lowest BCUT2D eigenvalue weighted by Crippen LogP contribution is -2.45. The number of sulfonamides is 1. The summed E-state index contributed by atoms with van der Waals surface area (Å²) in [7, 11) is -3.55. The van der Waals surface area contributed by atoms with Crippen molar-refractivity contribution in [2.45, 2.75) is 64.3 Å². The van der Waals surface area contributed by atoms with E-state index in [9.17, 15) is 13.2 Å². The molecule has 0 saturated carbocycles. The lowest BCUT2D eigenvalue weighted by molar-refractivity contribution is -0.126. The molecule has 5 nitrogen and oxygen atoms in total. The van der Waals surface area contributed by atoms with Crippen LogP contribution in [-0.2, 0) is 21.2 Å². The quantitative estimate of drug-likeness (QED) is 0.700. The van der Waals surface area contributed by atoms with E-state index in [1.807, 2.05) is 58.0 Å². The van der Waals surface area contributed by atoms with Gasteiger partial charge in [0, 0.05) is 25.0 Å². The Morgan fingerprint density at radius 2 is 1.65 bits per heavy atom. The summed E-state index contributed by atoms with van der Waals surface area (Å²) >= 11 is 0. The summed E-state index contributed by atoms with van der Waals surface area (Å²) in [6.07, 6.45) is 2.92. The average Bonchev–Trinajstić information content (AvgIpc) is 2.72. The van der Waals surface area contributed by atoms with Crippen LogP contribution in [0.5, 0.6) is 0 Å². The van der Waals surface area contributed by atoms with Gasteiger partial charge >= 0.3 is 0 Å². The number of carbonyl (C=O) groups is 1. The highest BCUT2D eigenvalue weighted by molar-refractivity contribution is 7.89. The molecule has 1 saturated heterocycles. The highest BCUT2D eigenvalue weighted by atomic mass is 32.2. The van der Waals surface area contributed by atoms with Crippen molar-refractivity contribution in [3.05, 3.63) is 64.7 Å². The van der Waals surface area contributed by atoms with Crippen LogP contribution in [0.25, 0.3) is 0 Å². The van der Waals surface area contributed by atoms with Gasteiger partial charge in [-0.1, -0.05) is 48.0 Å². The Morgan fingerprint density at radius 1 is 1.06 bits per heavy atom. The summed E-state index contributed by atoms with van der Waals surface area (Å²) < 4.78 is 28.0.